The second-order valence-corrected chi connectivity index (χ2v) is 8.07. The standard InChI is InChI=1S/C29H27NO5/c1-19(31)35-25-16-13-21-11-7-8-12-23(21)28(25)29(22-14-15-24(33-2)26(18-22)34-3)30-27(32)17-20-9-5-4-6-10-20/h4-16,18,29H,17H2,1-3H3,(H,30,32). The molecule has 0 spiro atoms. The average Bonchev–Trinajstić information content (AvgIpc) is 2.87. The van der Waals surface area contributed by atoms with Gasteiger partial charge in [0.1, 0.15) is 5.75 Å². The van der Waals surface area contributed by atoms with Crippen molar-refractivity contribution >= 4 is 22.6 Å². The van der Waals surface area contributed by atoms with Crippen LogP contribution in [0.4, 0.5) is 0 Å². The number of fused-ring (bicyclic) bond motifs is 1. The van der Waals surface area contributed by atoms with Gasteiger partial charge in [-0.2, -0.15) is 0 Å². The molecule has 35 heavy (non-hydrogen) atoms. The lowest BCUT2D eigenvalue weighted by Gasteiger charge is -2.24. The smallest absolute Gasteiger partial charge is 0.308 e. The Kier molecular flexibility index (Phi) is 7.31. The quantitative estimate of drug-likeness (QED) is 0.283. The van der Waals surface area contributed by atoms with Gasteiger partial charge in [-0.15, -0.1) is 0 Å². The maximum absolute atomic E-state index is 13.2. The number of amides is 1. The zero-order valence-corrected chi connectivity index (χ0v) is 19.9. The predicted octanol–water partition coefficient (Wildman–Crippen LogP) is 5.23. The van der Waals surface area contributed by atoms with Gasteiger partial charge in [-0.1, -0.05) is 66.7 Å². The number of esters is 1. The number of hydrogen-bond donors (Lipinski definition) is 1. The normalized spacial score (nSPS) is 11.5. The summed E-state index contributed by atoms with van der Waals surface area (Å²) in [6.45, 7) is 1.36. The molecule has 178 valence electrons. The Morgan fingerprint density at radius 1 is 0.800 bits per heavy atom. The zero-order valence-electron chi connectivity index (χ0n) is 19.9. The molecule has 1 atom stereocenters. The number of ether oxygens (including phenoxy) is 3. The van der Waals surface area contributed by atoms with Crippen LogP contribution in [0.15, 0.2) is 84.9 Å². The highest BCUT2D eigenvalue weighted by atomic mass is 16.5. The average molecular weight is 470 g/mol. The Labute approximate surface area is 204 Å². The molecule has 6 nitrogen and oxygen atoms in total. The van der Waals surface area contributed by atoms with Crippen molar-refractivity contribution in [1.82, 2.24) is 5.32 Å². The van der Waals surface area contributed by atoms with Crippen molar-refractivity contribution in [3.05, 3.63) is 102 Å². The largest absolute Gasteiger partial charge is 0.493 e. The van der Waals surface area contributed by atoms with Crippen LogP contribution in [0.25, 0.3) is 10.8 Å². The van der Waals surface area contributed by atoms with Crippen molar-refractivity contribution in [2.45, 2.75) is 19.4 Å². The van der Waals surface area contributed by atoms with Crippen molar-refractivity contribution in [3.63, 3.8) is 0 Å². The van der Waals surface area contributed by atoms with Crippen LogP contribution in [0.1, 0.15) is 29.7 Å². The molecule has 0 fully saturated rings. The van der Waals surface area contributed by atoms with Crippen LogP contribution in [0, 0.1) is 0 Å². The number of carbonyl (C=O) groups is 2. The third kappa shape index (κ3) is 5.44. The fourth-order valence-electron chi connectivity index (χ4n) is 4.17. The van der Waals surface area contributed by atoms with Gasteiger partial charge in [0.05, 0.1) is 26.7 Å². The Hall–Kier alpha value is -4.32. The van der Waals surface area contributed by atoms with E-state index in [0.717, 1.165) is 21.9 Å². The molecule has 4 aromatic carbocycles. The molecular formula is C29H27NO5. The third-order valence-electron chi connectivity index (χ3n) is 5.73. The maximum Gasteiger partial charge on any atom is 0.308 e. The summed E-state index contributed by atoms with van der Waals surface area (Å²) in [4.78, 5) is 25.2. The number of methoxy groups -OCH3 is 2. The van der Waals surface area contributed by atoms with E-state index in [1.54, 1.807) is 26.4 Å². The topological polar surface area (TPSA) is 73.9 Å². The van der Waals surface area contributed by atoms with E-state index in [1.807, 2.05) is 72.8 Å². The highest BCUT2D eigenvalue weighted by Crippen LogP contribution is 2.39. The van der Waals surface area contributed by atoms with E-state index < -0.39 is 12.0 Å². The molecule has 0 aliphatic rings. The lowest BCUT2D eigenvalue weighted by molar-refractivity contribution is -0.131. The first-order valence-electron chi connectivity index (χ1n) is 11.3. The van der Waals surface area contributed by atoms with Crippen LogP contribution in [-0.4, -0.2) is 26.1 Å². The Morgan fingerprint density at radius 2 is 1.49 bits per heavy atom. The second-order valence-electron chi connectivity index (χ2n) is 8.07. The Morgan fingerprint density at radius 3 is 2.20 bits per heavy atom. The van der Waals surface area contributed by atoms with Crippen LogP contribution in [0.3, 0.4) is 0 Å². The summed E-state index contributed by atoms with van der Waals surface area (Å²) in [5, 5.41) is 4.99. The molecule has 0 saturated heterocycles. The van der Waals surface area contributed by atoms with Crippen molar-refractivity contribution in [3.8, 4) is 17.2 Å². The van der Waals surface area contributed by atoms with Crippen LogP contribution in [0.5, 0.6) is 17.2 Å². The number of nitrogens with one attached hydrogen (secondary N) is 1. The summed E-state index contributed by atoms with van der Waals surface area (Å²) in [6, 6.07) is 25.9. The van der Waals surface area contributed by atoms with Gasteiger partial charge in [-0.3, -0.25) is 9.59 Å². The van der Waals surface area contributed by atoms with E-state index in [0.29, 0.717) is 22.8 Å². The maximum atomic E-state index is 13.2. The van der Waals surface area contributed by atoms with Crippen molar-refractivity contribution in [1.29, 1.82) is 0 Å². The minimum atomic E-state index is -0.619. The molecular weight excluding hydrogens is 442 g/mol. The van der Waals surface area contributed by atoms with E-state index in [2.05, 4.69) is 5.32 Å². The molecule has 6 heteroatoms. The summed E-state index contributed by atoms with van der Waals surface area (Å²) in [5.74, 6) is 0.877. The zero-order chi connectivity index (χ0) is 24.8. The molecule has 0 aliphatic carbocycles. The van der Waals surface area contributed by atoms with E-state index in [1.165, 1.54) is 6.92 Å². The monoisotopic (exact) mass is 469 g/mol. The molecule has 4 rings (SSSR count). The first kappa shape index (κ1) is 23.8. The summed E-state index contributed by atoms with van der Waals surface area (Å²) < 4.78 is 16.5. The number of hydrogen-bond acceptors (Lipinski definition) is 5. The third-order valence-corrected chi connectivity index (χ3v) is 5.73. The SMILES string of the molecule is COc1ccc(C(NC(=O)Cc2ccccc2)c2c(OC(C)=O)ccc3ccccc23)cc1OC. The summed E-state index contributed by atoms with van der Waals surface area (Å²) in [7, 11) is 3.13. The van der Waals surface area contributed by atoms with Crippen molar-refractivity contribution in [2.75, 3.05) is 14.2 Å². The van der Waals surface area contributed by atoms with E-state index in [4.69, 9.17) is 14.2 Å². The minimum absolute atomic E-state index is 0.169. The summed E-state index contributed by atoms with van der Waals surface area (Å²) in [6.07, 6.45) is 0.207. The molecule has 0 aliphatic heterocycles. The van der Waals surface area contributed by atoms with Gasteiger partial charge in [0.2, 0.25) is 5.91 Å². The van der Waals surface area contributed by atoms with Gasteiger partial charge in [-0.25, -0.2) is 0 Å². The van der Waals surface area contributed by atoms with Gasteiger partial charge >= 0.3 is 5.97 Å². The van der Waals surface area contributed by atoms with E-state index in [9.17, 15) is 9.59 Å². The Bertz CT molecular complexity index is 1350. The van der Waals surface area contributed by atoms with Crippen LogP contribution < -0.4 is 19.5 Å². The fourth-order valence-corrected chi connectivity index (χ4v) is 4.17. The predicted molar refractivity (Wildman–Crippen MR) is 135 cm³/mol. The molecule has 0 saturated carbocycles. The van der Waals surface area contributed by atoms with Gasteiger partial charge in [-0.05, 0) is 40.1 Å². The number of carbonyl (C=O) groups excluding carboxylic acids is 2. The lowest BCUT2D eigenvalue weighted by Crippen LogP contribution is -2.31. The molecule has 0 bridgehead atoms. The van der Waals surface area contributed by atoms with E-state index in [-0.39, 0.29) is 12.3 Å². The highest BCUT2D eigenvalue weighted by Gasteiger charge is 2.25. The number of benzene rings is 4. The summed E-state index contributed by atoms with van der Waals surface area (Å²) in [5.41, 5.74) is 2.34. The van der Waals surface area contributed by atoms with Gasteiger partial charge in [0, 0.05) is 12.5 Å². The van der Waals surface area contributed by atoms with Crippen molar-refractivity contribution in [2.24, 2.45) is 0 Å². The molecule has 0 heterocycles. The molecule has 1 N–H and O–H groups in total. The molecule has 0 aromatic heterocycles. The van der Waals surface area contributed by atoms with Crippen LogP contribution in [0.2, 0.25) is 0 Å². The molecule has 1 unspecified atom stereocenters. The van der Waals surface area contributed by atoms with Gasteiger partial charge in [0.15, 0.2) is 11.5 Å². The Balaban J connectivity index is 1.87. The lowest BCUT2D eigenvalue weighted by atomic mass is 9.92. The fraction of sp³-hybridized carbons (Fsp3) is 0.172. The minimum Gasteiger partial charge on any atom is -0.493 e. The first-order valence-corrected chi connectivity index (χ1v) is 11.3. The first-order chi connectivity index (χ1) is 17.0. The van der Waals surface area contributed by atoms with Gasteiger partial charge < -0.3 is 19.5 Å². The van der Waals surface area contributed by atoms with Crippen LogP contribution in [-0.2, 0) is 16.0 Å². The van der Waals surface area contributed by atoms with E-state index >= 15 is 0 Å². The van der Waals surface area contributed by atoms with Crippen LogP contribution >= 0.6 is 0 Å². The second kappa shape index (κ2) is 10.7. The molecule has 4 aromatic rings. The molecule has 0 radical (unpaired) electrons. The molecule has 1 amide bonds. The number of rotatable bonds is 8. The van der Waals surface area contributed by atoms with Gasteiger partial charge in [0.25, 0.3) is 0 Å². The summed E-state index contributed by atoms with van der Waals surface area (Å²) >= 11 is 0. The highest BCUT2D eigenvalue weighted by molar-refractivity contribution is 5.90. The van der Waals surface area contributed by atoms with Crippen molar-refractivity contribution < 1.29 is 23.8 Å².